The van der Waals surface area contributed by atoms with E-state index in [4.69, 9.17) is 20.9 Å². The minimum absolute atomic E-state index is 0.139. The highest BCUT2D eigenvalue weighted by molar-refractivity contribution is 7.19. The van der Waals surface area contributed by atoms with Crippen LogP contribution in [-0.4, -0.2) is 46.4 Å². The molecule has 8 heteroatoms. The summed E-state index contributed by atoms with van der Waals surface area (Å²) in [6.45, 7) is 2.09. The lowest BCUT2D eigenvalue weighted by Crippen LogP contribution is -2.30. The number of primary amides is 1. The number of methoxy groups -OCH3 is 2. The summed E-state index contributed by atoms with van der Waals surface area (Å²) in [6, 6.07) is 2.03. The Morgan fingerprint density at radius 3 is 2.30 bits per heavy atom. The fraction of sp³-hybridized carbons (Fsp3) is 0.500. The smallest absolute Gasteiger partial charge is 0.261 e. The fourth-order valence-electron chi connectivity index (χ4n) is 1.66. The van der Waals surface area contributed by atoms with Crippen LogP contribution >= 0.6 is 11.3 Å². The second-order valence-electron chi connectivity index (χ2n) is 3.97. The van der Waals surface area contributed by atoms with E-state index in [-0.39, 0.29) is 16.1 Å². The van der Waals surface area contributed by atoms with Gasteiger partial charge in [0.15, 0.2) is 0 Å². The molecule has 7 nitrogen and oxygen atoms in total. The van der Waals surface area contributed by atoms with Crippen LogP contribution in [0.15, 0.2) is 0 Å². The molecule has 1 heterocycles. The van der Waals surface area contributed by atoms with Crippen molar-refractivity contribution >= 4 is 27.9 Å². The fourth-order valence-corrected chi connectivity index (χ4v) is 2.74. The van der Waals surface area contributed by atoms with Crippen LogP contribution in [0.3, 0.4) is 0 Å². The molecule has 110 valence electrons. The SMILES string of the molecule is COCCN(CCOC)c1sc(C(N)=O)c(N)c1C#N. The lowest BCUT2D eigenvalue weighted by molar-refractivity contribution is 0.100. The molecule has 1 rings (SSSR count). The number of thiophene rings is 1. The normalized spacial score (nSPS) is 10.2. The van der Waals surface area contributed by atoms with E-state index in [1.165, 1.54) is 0 Å². The van der Waals surface area contributed by atoms with Crippen LogP contribution in [0.2, 0.25) is 0 Å². The van der Waals surface area contributed by atoms with Gasteiger partial charge in [0.2, 0.25) is 0 Å². The van der Waals surface area contributed by atoms with Crippen molar-refractivity contribution in [2.24, 2.45) is 5.73 Å². The molecule has 20 heavy (non-hydrogen) atoms. The molecule has 0 spiro atoms. The van der Waals surface area contributed by atoms with Crippen LogP contribution in [0, 0.1) is 11.3 Å². The lowest BCUT2D eigenvalue weighted by atomic mass is 10.2. The average Bonchev–Trinajstić information content (AvgIpc) is 2.76. The van der Waals surface area contributed by atoms with Gasteiger partial charge in [-0.3, -0.25) is 4.79 Å². The number of nitrogens with zero attached hydrogens (tertiary/aromatic N) is 2. The van der Waals surface area contributed by atoms with Crippen LogP contribution < -0.4 is 16.4 Å². The highest BCUT2D eigenvalue weighted by Crippen LogP contribution is 2.37. The third-order valence-electron chi connectivity index (χ3n) is 2.68. The zero-order chi connectivity index (χ0) is 15.1. The number of carbonyl (C=O) groups is 1. The molecule has 0 aliphatic carbocycles. The predicted molar refractivity (Wildman–Crippen MR) is 77.9 cm³/mol. The number of nitriles is 1. The van der Waals surface area contributed by atoms with E-state index in [0.29, 0.717) is 31.3 Å². The van der Waals surface area contributed by atoms with E-state index >= 15 is 0 Å². The molecule has 0 radical (unpaired) electrons. The number of anilines is 2. The number of ether oxygens (including phenoxy) is 2. The second kappa shape index (κ2) is 7.69. The summed E-state index contributed by atoms with van der Waals surface area (Å²) in [5.74, 6) is -0.631. The average molecular weight is 298 g/mol. The third kappa shape index (κ3) is 3.60. The molecular formula is C12H18N4O3S. The summed E-state index contributed by atoms with van der Waals surface area (Å²) in [6.07, 6.45) is 0. The zero-order valence-corrected chi connectivity index (χ0v) is 12.3. The molecule has 0 saturated heterocycles. The van der Waals surface area contributed by atoms with E-state index < -0.39 is 5.91 Å². The maximum absolute atomic E-state index is 11.3. The first-order valence-corrected chi connectivity index (χ1v) is 6.73. The van der Waals surface area contributed by atoms with Gasteiger partial charge in [-0.25, -0.2) is 0 Å². The van der Waals surface area contributed by atoms with Gasteiger partial charge in [0.25, 0.3) is 5.91 Å². The van der Waals surface area contributed by atoms with Crippen molar-refractivity contribution in [1.29, 1.82) is 5.26 Å². The predicted octanol–water partition coefficient (Wildman–Crippen LogP) is 0.400. The quantitative estimate of drug-likeness (QED) is 0.718. The molecule has 0 saturated carbocycles. The number of carbonyl (C=O) groups excluding carboxylic acids is 1. The molecular weight excluding hydrogens is 280 g/mol. The van der Waals surface area contributed by atoms with Crippen LogP contribution in [0.1, 0.15) is 15.2 Å². The minimum Gasteiger partial charge on any atom is -0.396 e. The molecule has 1 aromatic heterocycles. The minimum atomic E-state index is -0.631. The molecule has 0 aliphatic rings. The molecule has 0 atom stereocenters. The summed E-state index contributed by atoms with van der Waals surface area (Å²) >= 11 is 1.12. The first-order valence-electron chi connectivity index (χ1n) is 5.91. The van der Waals surface area contributed by atoms with Gasteiger partial charge >= 0.3 is 0 Å². The Labute approximate surface area is 121 Å². The van der Waals surface area contributed by atoms with Crippen molar-refractivity contribution in [2.75, 3.05) is 51.2 Å². The van der Waals surface area contributed by atoms with Gasteiger partial charge in [-0.2, -0.15) is 5.26 Å². The van der Waals surface area contributed by atoms with E-state index in [2.05, 4.69) is 0 Å². The van der Waals surface area contributed by atoms with Crippen molar-refractivity contribution in [2.45, 2.75) is 0 Å². The van der Waals surface area contributed by atoms with Crippen molar-refractivity contribution < 1.29 is 14.3 Å². The van der Waals surface area contributed by atoms with Crippen LogP contribution in [0.25, 0.3) is 0 Å². The molecule has 0 fully saturated rings. The van der Waals surface area contributed by atoms with Crippen molar-refractivity contribution in [3.8, 4) is 6.07 Å². The van der Waals surface area contributed by atoms with E-state index in [1.807, 2.05) is 11.0 Å². The Bertz CT molecular complexity index is 502. The Balaban J connectivity index is 3.14. The zero-order valence-electron chi connectivity index (χ0n) is 11.5. The van der Waals surface area contributed by atoms with E-state index in [9.17, 15) is 10.1 Å². The Hall–Kier alpha value is -1.82. The Morgan fingerprint density at radius 1 is 1.35 bits per heavy atom. The standard InChI is InChI=1S/C12H18N4O3S/c1-18-5-3-16(4-6-19-2)12-8(7-13)9(14)10(20-12)11(15)17/h3-6,14H2,1-2H3,(H2,15,17). The maximum atomic E-state index is 11.3. The molecule has 0 bridgehead atoms. The maximum Gasteiger partial charge on any atom is 0.261 e. The van der Waals surface area contributed by atoms with Crippen LogP contribution in [-0.2, 0) is 9.47 Å². The second-order valence-corrected chi connectivity index (χ2v) is 4.97. The van der Waals surface area contributed by atoms with Gasteiger partial charge in [-0.05, 0) is 0 Å². The van der Waals surface area contributed by atoms with Gasteiger partial charge < -0.3 is 25.8 Å². The summed E-state index contributed by atoms with van der Waals surface area (Å²) in [4.78, 5) is 13.4. The molecule has 0 aliphatic heterocycles. The third-order valence-corrected chi connectivity index (χ3v) is 3.96. The van der Waals surface area contributed by atoms with Gasteiger partial charge in [0, 0.05) is 27.3 Å². The summed E-state index contributed by atoms with van der Waals surface area (Å²) in [5, 5.41) is 9.85. The topological polar surface area (TPSA) is 115 Å². The van der Waals surface area contributed by atoms with Crippen molar-refractivity contribution in [3.05, 3.63) is 10.4 Å². The van der Waals surface area contributed by atoms with Crippen molar-refractivity contribution in [3.63, 3.8) is 0 Å². The number of nitrogens with two attached hydrogens (primary N) is 2. The largest absolute Gasteiger partial charge is 0.396 e. The first kappa shape index (κ1) is 16.2. The molecule has 4 N–H and O–H groups in total. The summed E-state index contributed by atoms with van der Waals surface area (Å²) < 4.78 is 10.1. The van der Waals surface area contributed by atoms with E-state index in [1.54, 1.807) is 14.2 Å². The summed E-state index contributed by atoms with van der Waals surface area (Å²) in [5.41, 5.74) is 11.5. The number of nitrogen functional groups attached to an aromatic ring is 1. The number of hydrogen-bond donors (Lipinski definition) is 2. The highest BCUT2D eigenvalue weighted by atomic mass is 32.1. The Morgan fingerprint density at radius 2 is 1.90 bits per heavy atom. The molecule has 0 unspecified atom stereocenters. The molecule has 1 amide bonds. The number of amides is 1. The molecule has 1 aromatic rings. The van der Waals surface area contributed by atoms with Crippen LogP contribution in [0.5, 0.6) is 0 Å². The number of hydrogen-bond acceptors (Lipinski definition) is 7. The number of rotatable bonds is 8. The van der Waals surface area contributed by atoms with Crippen molar-refractivity contribution in [1.82, 2.24) is 0 Å². The lowest BCUT2D eigenvalue weighted by Gasteiger charge is -2.22. The Kier molecular flexibility index (Phi) is 6.24. The van der Waals surface area contributed by atoms with Crippen LogP contribution in [0.4, 0.5) is 10.7 Å². The van der Waals surface area contributed by atoms with Gasteiger partial charge in [-0.15, -0.1) is 11.3 Å². The molecule has 0 aromatic carbocycles. The van der Waals surface area contributed by atoms with Gasteiger partial charge in [-0.1, -0.05) is 0 Å². The monoisotopic (exact) mass is 298 g/mol. The van der Waals surface area contributed by atoms with Gasteiger partial charge in [0.05, 0.1) is 18.9 Å². The summed E-state index contributed by atoms with van der Waals surface area (Å²) in [7, 11) is 3.19. The van der Waals surface area contributed by atoms with Gasteiger partial charge in [0.1, 0.15) is 21.5 Å². The van der Waals surface area contributed by atoms with E-state index in [0.717, 1.165) is 11.3 Å². The first-order chi connectivity index (χ1) is 9.56. The highest BCUT2D eigenvalue weighted by Gasteiger charge is 2.23.